The van der Waals surface area contributed by atoms with Crippen LogP contribution in [0.3, 0.4) is 0 Å². The molecule has 2 aliphatic heterocycles. The Morgan fingerprint density at radius 2 is 1.57 bits per heavy atom. The number of imidazole rings is 1. The van der Waals surface area contributed by atoms with Crippen LogP contribution in [-0.2, 0) is 18.0 Å². The van der Waals surface area contributed by atoms with Gasteiger partial charge in [-0.05, 0) is 17.7 Å². The van der Waals surface area contributed by atoms with E-state index in [1.54, 1.807) is 0 Å². The summed E-state index contributed by atoms with van der Waals surface area (Å²) in [6.45, 7) is 8.61. The second-order valence-electron chi connectivity index (χ2n) is 7.64. The first-order chi connectivity index (χ1) is 13.9. The number of hydrogen-bond acceptors (Lipinski definition) is 5. The molecule has 0 bridgehead atoms. The summed E-state index contributed by atoms with van der Waals surface area (Å²) in [5.41, 5.74) is 3.60. The smallest absolute Gasteiger partial charge is 0.209 e. The molecular weight excluding hydrogens is 350 g/mol. The van der Waals surface area contributed by atoms with Crippen molar-refractivity contribution in [3.63, 3.8) is 0 Å². The highest BCUT2D eigenvalue weighted by Crippen LogP contribution is 2.28. The van der Waals surface area contributed by atoms with Crippen molar-refractivity contribution in [3.8, 4) is 0 Å². The minimum atomic E-state index is 0.858. The molecule has 3 aromatic rings. The molecule has 6 nitrogen and oxygen atoms in total. The molecule has 6 heteroatoms. The second kappa shape index (κ2) is 7.91. The molecule has 3 heterocycles. The highest BCUT2D eigenvalue weighted by molar-refractivity contribution is 5.79. The molecular formula is C22H27N5O. The van der Waals surface area contributed by atoms with E-state index >= 15 is 0 Å². The summed E-state index contributed by atoms with van der Waals surface area (Å²) in [6.07, 6.45) is 0. The monoisotopic (exact) mass is 377 g/mol. The van der Waals surface area contributed by atoms with Crippen LogP contribution in [0.5, 0.6) is 0 Å². The van der Waals surface area contributed by atoms with E-state index in [4.69, 9.17) is 9.72 Å². The van der Waals surface area contributed by atoms with Gasteiger partial charge in [-0.25, -0.2) is 4.98 Å². The van der Waals surface area contributed by atoms with Crippen LogP contribution in [0.25, 0.3) is 11.0 Å². The lowest BCUT2D eigenvalue weighted by molar-refractivity contribution is 0.0310. The minimum Gasteiger partial charge on any atom is -0.379 e. The quantitative estimate of drug-likeness (QED) is 0.683. The van der Waals surface area contributed by atoms with Crippen LogP contribution in [0, 0.1) is 0 Å². The van der Waals surface area contributed by atoms with E-state index in [1.807, 2.05) is 0 Å². The number of aromatic nitrogens is 2. The van der Waals surface area contributed by atoms with Crippen LogP contribution in [0.1, 0.15) is 5.56 Å². The summed E-state index contributed by atoms with van der Waals surface area (Å²) in [4.78, 5) is 12.4. The maximum absolute atomic E-state index is 5.48. The number of nitrogens with zero attached hydrogens (tertiary/aromatic N) is 5. The van der Waals surface area contributed by atoms with E-state index in [9.17, 15) is 0 Å². The lowest BCUT2D eigenvalue weighted by Crippen LogP contribution is -2.48. The van der Waals surface area contributed by atoms with Gasteiger partial charge in [0.2, 0.25) is 5.95 Å². The third kappa shape index (κ3) is 3.63. The molecule has 0 unspecified atom stereocenters. The highest BCUT2D eigenvalue weighted by Gasteiger charge is 2.26. The van der Waals surface area contributed by atoms with E-state index in [0.29, 0.717) is 0 Å². The van der Waals surface area contributed by atoms with Crippen molar-refractivity contribution in [2.75, 3.05) is 51.0 Å². The number of fused-ring (bicyclic) bond motifs is 3. The zero-order valence-electron chi connectivity index (χ0n) is 16.2. The van der Waals surface area contributed by atoms with Gasteiger partial charge in [0.25, 0.3) is 0 Å². The Morgan fingerprint density at radius 1 is 0.821 bits per heavy atom. The molecule has 1 fully saturated rings. The van der Waals surface area contributed by atoms with Crippen molar-refractivity contribution >= 4 is 17.0 Å². The van der Waals surface area contributed by atoms with Crippen LogP contribution in [-0.4, -0.2) is 65.4 Å². The molecule has 5 rings (SSSR count). The highest BCUT2D eigenvalue weighted by atomic mass is 16.5. The van der Waals surface area contributed by atoms with Crippen molar-refractivity contribution in [2.45, 2.75) is 13.2 Å². The molecule has 0 saturated carbocycles. The van der Waals surface area contributed by atoms with Crippen molar-refractivity contribution < 1.29 is 4.74 Å². The van der Waals surface area contributed by atoms with Crippen LogP contribution < -0.4 is 4.90 Å². The Bertz CT molecular complexity index is 919. The Morgan fingerprint density at radius 3 is 2.43 bits per heavy atom. The number of para-hydroxylation sites is 2. The number of morpholine rings is 1. The lowest BCUT2D eigenvalue weighted by Gasteiger charge is -2.38. The van der Waals surface area contributed by atoms with Crippen molar-refractivity contribution in [1.29, 1.82) is 0 Å². The molecule has 0 atom stereocenters. The molecule has 2 aromatic carbocycles. The standard InChI is InChI=1S/C22H27N5O/c1-2-6-19(7-3-1)16-26-17-25(11-10-24-12-14-28-15-13-24)18-27-21-9-5-4-8-20(21)23-22(26)27/h1-9H,10-18H2. The average molecular weight is 377 g/mol. The zero-order chi connectivity index (χ0) is 18.8. The molecule has 0 aliphatic carbocycles. The fourth-order valence-electron chi connectivity index (χ4n) is 4.17. The topological polar surface area (TPSA) is 36.8 Å². The van der Waals surface area contributed by atoms with E-state index in [0.717, 1.165) is 70.7 Å². The molecule has 2 aliphatic rings. The minimum absolute atomic E-state index is 0.858. The fraction of sp³-hybridized carbons (Fsp3) is 0.409. The van der Waals surface area contributed by atoms with Gasteiger partial charge in [-0.1, -0.05) is 42.5 Å². The molecule has 0 amide bonds. The number of anilines is 1. The Labute approximate surface area is 165 Å². The molecule has 146 valence electrons. The fourth-order valence-corrected chi connectivity index (χ4v) is 4.17. The van der Waals surface area contributed by atoms with Gasteiger partial charge in [0.05, 0.1) is 37.6 Å². The normalized spacial score (nSPS) is 18.5. The van der Waals surface area contributed by atoms with Gasteiger partial charge in [-0.3, -0.25) is 14.4 Å². The molecule has 28 heavy (non-hydrogen) atoms. The van der Waals surface area contributed by atoms with E-state index in [2.05, 4.69) is 73.9 Å². The number of hydrogen-bond donors (Lipinski definition) is 0. The summed E-state index contributed by atoms with van der Waals surface area (Å²) >= 11 is 0. The van der Waals surface area contributed by atoms with Crippen LogP contribution in [0.15, 0.2) is 54.6 Å². The predicted octanol–water partition coefficient (Wildman–Crippen LogP) is 2.61. The summed E-state index contributed by atoms with van der Waals surface area (Å²) in [5, 5.41) is 0. The Kier molecular flexibility index (Phi) is 4.99. The summed E-state index contributed by atoms with van der Waals surface area (Å²) in [6, 6.07) is 19.1. The molecule has 0 N–H and O–H groups in total. The van der Waals surface area contributed by atoms with Gasteiger partial charge in [0, 0.05) is 32.7 Å². The van der Waals surface area contributed by atoms with E-state index in [-0.39, 0.29) is 0 Å². The van der Waals surface area contributed by atoms with Gasteiger partial charge in [-0.15, -0.1) is 0 Å². The zero-order valence-corrected chi connectivity index (χ0v) is 16.2. The van der Waals surface area contributed by atoms with Crippen LogP contribution in [0.2, 0.25) is 0 Å². The number of rotatable bonds is 5. The van der Waals surface area contributed by atoms with Gasteiger partial charge < -0.3 is 9.64 Å². The number of ether oxygens (including phenoxy) is 1. The van der Waals surface area contributed by atoms with E-state index in [1.165, 1.54) is 11.1 Å². The largest absolute Gasteiger partial charge is 0.379 e. The summed E-state index contributed by atoms with van der Waals surface area (Å²) < 4.78 is 7.85. The van der Waals surface area contributed by atoms with E-state index < -0.39 is 0 Å². The maximum Gasteiger partial charge on any atom is 0.209 e. The maximum atomic E-state index is 5.48. The Balaban J connectivity index is 1.39. The number of benzene rings is 2. The average Bonchev–Trinajstić information content (AvgIpc) is 3.13. The first kappa shape index (κ1) is 17.7. The van der Waals surface area contributed by atoms with Crippen molar-refractivity contribution in [2.24, 2.45) is 0 Å². The SMILES string of the molecule is c1ccc(CN2CN(CCN3CCOCC3)Cn3c2nc2ccccc23)cc1. The van der Waals surface area contributed by atoms with Crippen LogP contribution in [0.4, 0.5) is 5.95 Å². The molecule has 0 spiro atoms. The molecule has 1 saturated heterocycles. The van der Waals surface area contributed by atoms with Gasteiger partial charge in [0.1, 0.15) is 0 Å². The summed E-state index contributed by atoms with van der Waals surface area (Å²) in [5.74, 6) is 1.08. The second-order valence-corrected chi connectivity index (χ2v) is 7.64. The van der Waals surface area contributed by atoms with Gasteiger partial charge >= 0.3 is 0 Å². The van der Waals surface area contributed by atoms with Crippen molar-refractivity contribution in [3.05, 3.63) is 60.2 Å². The van der Waals surface area contributed by atoms with Gasteiger partial charge in [-0.2, -0.15) is 0 Å². The predicted molar refractivity (Wildman–Crippen MR) is 111 cm³/mol. The first-order valence-corrected chi connectivity index (χ1v) is 10.1. The third-order valence-electron chi connectivity index (χ3n) is 5.68. The molecule has 0 radical (unpaired) electrons. The summed E-state index contributed by atoms with van der Waals surface area (Å²) in [7, 11) is 0. The van der Waals surface area contributed by atoms with Crippen LogP contribution >= 0.6 is 0 Å². The molecule has 1 aromatic heterocycles. The first-order valence-electron chi connectivity index (χ1n) is 10.1. The lowest BCUT2D eigenvalue weighted by atomic mass is 10.2. The van der Waals surface area contributed by atoms with Crippen molar-refractivity contribution in [1.82, 2.24) is 19.4 Å². The third-order valence-corrected chi connectivity index (χ3v) is 5.68. The Hall–Kier alpha value is -2.41. The van der Waals surface area contributed by atoms with Gasteiger partial charge in [0.15, 0.2) is 0 Å².